The number of halogens is 1. The highest BCUT2D eigenvalue weighted by atomic mass is 19.1. The van der Waals surface area contributed by atoms with Crippen LogP contribution in [0.15, 0.2) is 30.6 Å². The fourth-order valence-corrected chi connectivity index (χ4v) is 3.66. The second-order valence-electron chi connectivity index (χ2n) is 8.00. The van der Waals surface area contributed by atoms with Gasteiger partial charge in [-0.15, -0.1) is 0 Å². The fraction of sp³-hybridized carbons (Fsp3) is 0.450. The van der Waals surface area contributed by atoms with Crippen molar-refractivity contribution in [1.29, 1.82) is 0 Å². The highest BCUT2D eigenvalue weighted by Gasteiger charge is 2.39. The van der Waals surface area contributed by atoms with E-state index in [0.29, 0.717) is 17.1 Å². The molecule has 0 radical (unpaired) electrons. The van der Waals surface area contributed by atoms with E-state index in [1.807, 2.05) is 32.9 Å². The molecule has 5 rings (SSSR count). The van der Waals surface area contributed by atoms with Crippen LogP contribution in [-0.4, -0.2) is 40.8 Å². The van der Waals surface area contributed by atoms with E-state index in [0.717, 1.165) is 37.8 Å². The van der Waals surface area contributed by atoms with Gasteiger partial charge < -0.3 is 9.64 Å². The van der Waals surface area contributed by atoms with Gasteiger partial charge in [0.2, 0.25) is 0 Å². The molecule has 3 aliphatic heterocycles. The molecule has 0 atom stereocenters. The Morgan fingerprint density at radius 2 is 1.96 bits per heavy atom. The van der Waals surface area contributed by atoms with Gasteiger partial charge in [0.15, 0.2) is 5.82 Å². The Morgan fingerprint density at radius 1 is 1.22 bits per heavy atom. The zero-order chi connectivity index (χ0) is 19.2. The van der Waals surface area contributed by atoms with Crippen molar-refractivity contribution in [2.75, 3.05) is 22.9 Å². The Labute approximate surface area is 158 Å². The van der Waals surface area contributed by atoms with Crippen molar-refractivity contribution in [3.8, 4) is 11.3 Å². The lowest BCUT2D eigenvalue weighted by Gasteiger charge is -2.33. The summed E-state index contributed by atoms with van der Waals surface area (Å²) in [7, 11) is 0. The minimum Gasteiger partial charge on any atom is -0.443 e. The molecule has 6 nitrogen and oxygen atoms in total. The molecule has 3 aliphatic rings. The van der Waals surface area contributed by atoms with Gasteiger partial charge in [-0.3, -0.25) is 9.88 Å². The van der Waals surface area contributed by atoms with E-state index in [9.17, 15) is 9.18 Å². The number of aromatic nitrogens is 2. The third kappa shape index (κ3) is 3.46. The molecule has 1 saturated heterocycles. The van der Waals surface area contributed by atoms with Gasteiger partial charge in [0.25, 0.3) is 0 Å². The first kappa shape index (κ1) is 17.7. The van der Waals surface area contributed by atoms with Gasteiger partial charge in [-0.2, -0.15) is 0 Å². The van der Waals surface area contributed by atoms with Crippen molar-refractivity contribution in [2.24, 2.45) is 0 Å². The number of fused-ring (bicyclic) bond motifs is 2. The minimum atomic E-state index is -0.591. The van der Waals surface area contributed by atoms with Crippen LogP contribution >= 0.6 is 0 Å². The summed E-state index contributed by atoms with van der Waals surface area (Å²) < 4.78 is 19.3. The van der Waals surface area contributed by atoms with Crippen molar-refractivity contribution in [3.63, 3.8) is 0 Å². The summed E-state index contributed by atoms with van der Waals surface area (Å²) in [5.74, 6) is 0.156. The van der Waals surface area contributed by atoms with Gasteiger partial charge in [0.05, 0.1) is 17.6 Å². The van der Waals surface area contributed by atoms with Crippen LogP contribution in [0.2, 0.25) is 0 Å². The number of carbonyl (C=O) groups excluding carboxylic acids is 1. The highest BCUT2D eigenvalue weighted by Crippen LogP contribution is 2.39. The van der Waals surface area contributed by atoms with Crippen LogP contribution in [0.4, 0.5) is 20.7 Å². The predicted octanol–water partition coefficient (Wildman–Crippen LogP) is 4.01. The topological polar surface area (TPSA) is 58.6 Å². The summed E-state index contributed by atoms with van der Waals surface area (Å²) in [6, 6.07) is 5.24. The van der Waals surface area contributed by atoms with E-state index in [1.54, 1.807) is 11.1 Å². The highest BCUT2D eigenvalue weighted by molar-refractivity contribution is 5.93. The number of anilines is 2. The number of hydrogen-bond acceptors (Lipinski definition) is 5. The smallest absolute Gasteiger partial charge is 0.416 e. The van der Waals surface area contributed by atoms with Gasteiger partial charge in [0, 0.05) is 30.9 Å². The van der Waals surface area contributed by atoms with Crippen molar-refractivity contribution < 1.29 is 13.9 Å². The molecular weight excluding hydrogens is 347 g/mol. The molecule has 0 aromatic carbocycles. The lowest BCUT2D eigenvalue weighted by molar-refractivity contribution is 0.0561. The first-order valence-electron chi connectivity index (χ1n) is 9.21. The largest absolute Gasteiger partial charge is 0.443 e. The standard InChI is InChI=1S/C20H23FN4O2/c1-20(2,3)27-19(26)25-15-6-8-24(9-7-15)17-5-4-16(23-18(17)25)13-10-14(21)12-22-11-13/h4-5,10-12,15H,6-9H2,1-3H3. The number of nitrogens with zero attached hydrogens (tertiary/aromatic N) is 4. The molecule has 0 saturated carbocycles. The number of pyridine rings is 2. The minimum absolute atomic E-state index is 0.0470. The van der Waals surface area contributed by atoms with Crippen LogP contribution in [0, 0.1) is 5.82 Å². The van der Waals surface area contributed by atoms with E-state index >= 15 is 0 Å². The SMILES string of the molecule is CC(C)(C)OC(=O)N1c2nc(-c3cncc(F)c3)ccc2N2CCC1CC2. The van der Waals surface area contributed by atoms with E-state index in [2.05, 4.69) is 9.88 Å². The molecule has 0 aliphatic carbocycles. The molecule has 2 bridgehead atoms. The average molecular weight is 370 g/mol. The molecule has 2 aromatic rings. The van der Waals surface area contributed by atoms with Crippen molar-refractivity contribution >= 4 is 17.6 Å². The van der Waals surface area contributed by atoms with E-state index in [1.165, 1.54) is 6.07 Å². The van der Waals surface area contributed by atoms with E-state index in [4.69, 9.17) is 9.72 Å². The molecule has 5 heterocycles. The Balaban J connectivity index is 1.80. The predicted molar refractivity (Wildman–Crippen MR) is 101 cm³/mol. The van der Waals surface area contributed by atoms with Crippen molar-refractivity contribution in [1.82, 2.24) is 9.97 Å². The Morgan fingerprint density at radius 3 is 2.63 bits per heavy atom. The summed E-state index contributed by atoms with van der Waals surface area (Å²) in [6.45, 7) is 7.31. The Kier molecular flexibility index (Phi) is 4.25. The summed E-state index contributed by atoms with van der Waals surface area (Å²) in [5, 5.41) is 0. The fourth-order valence-electron chi connectivity index (χ4n) is 3.66. The molecule has 1 amide bonds. The summed E-state index contributed by atoms with van der Waals surface area (Å²) in [6.07, 6.45) is 4.07. The first-order valence-corrected chi connectivity index (χ1v) is 9.21. The zero-order valence-electron chi connectivity index (χ0n) is 15.8. The Hall–Kier alpha value is -2.70. The number of ether oxygens (including phenoxy) is 1. The monoisotopic (exact) mass is 370 g/mol. The van der Waals surface area contributed by atoms with Gasteiger partial charge in [-0.1, -0.05) is 0 Å². The van der Waals surface area contributed by atoms with Crippen molar-refractivity contribution in [2.45, 2.75) is 45.3 Å². The lowest BCUT2D eigenvalue weighted by Crippen LogP contribution is -2.46. The van der Waals surface area contributed by atoms with Crippen LogP contribution in [0.25, 0.3) is 11.3 Å². The number of amides is 1. The van der Waals surface area contributed by atoms with Gasteiger partial charge in [-0.25, -0.2) is 14.2 Å². The maximum atomic E-state index is 13.6. The number of piperidine rings is 1. The van der Waals surface area contributed by atoms with Crippen LogP contribution in [0.3, 0.4) is 0 Å². The summed E-state index contributed by atoms with van der Waals surface area (Å²) >= 11 is 0. The second kappa shape index (κ2) is 6.48. The lowest BCUT2D eigenvalue weighted by atomic mass is 10.1. The molecular formula is C20H23FN4O2. The van der Waals surface area contributed by atoms with Gasteiger partial charge in [-0.05, 0) is 51.8 Å². The molecule has 0 spiro atoms. The van der Waals surface area contributed by atoms with Gasteiger partial charge in [0.1, 0.15) is 11.4 Å². The number of carbonyl (C=O) groups is 1. The average Bonchev–Trinajstić information content (AvgIpc) is 2.85. The van der Waals surface area contributed by atoms with Crippen LogP contribution in [0.1, 0.15) is 33.6 Å². The first-order chi connectivity index (χ1) is 12.8. The molecule has 142 valence electrons. The number of hydrogen-bond donors (Lipinski definition) is 0. The molecule has 0 N–H and O–H groups in total. The Bertz CT molecular complexity index is 873. The third-order valence-corrected chi connectivity index (χ3v) is 4.84. The van der Waals surface area contributed by atoms with E-state index in [-0.39, 0.29) is 12.1 Å². The molecule has 27 heavy (non-hydrogen) atoms. The van der Waals surface area contributed by atoms with Crippen molar-refractivity contribution in [3.05, 3.63) is 36.4 Å². The van der Waals surface area contributed by atoms with Crippen LogP contribution in [-0.2, 0) is 4.74 Å². The molecule has 2 aromatic heterocycles. The molecule has 7 heteroatoms. The van der Waals surface area contributed by atoms with Crippen LogP contribution in [0.5, 0.6) is 0 Å². The second-order valence-corrected chi connectivity index (χ2v) is 8.00. The maximum Gasteiger partial charge on any atom is 0.416 e. The molecule has 1 fully saturated rings. The maximum absolute atomic E-state index is 13.6. The van der Waals surface area contributed by atoms with Crippen LogP contribution < -0.4 is 9.80 Å². The van der Waals surface area contributed by atoms with E-state index < -0.39 is 11.4 Å². The third-order valence-electron chi connectivity index (χ3n) is 4.84. The quantitative estimate of drug-likeness (QED) is 0.759. The molecule has 0 unspecified atom stereocenters. The number of rotatable bonds is 1. The summed E-state index contributed by atoms with van der Waals surface area (Å²) in [5.41, 5.74) is 1.48. The summed E-state index contributed by atoms with van der Waals surface area (Å²) in [4.78, 5) is 25.6. The zero-order valence-corrected chi connectivity index (χ0v) is 15.8. The van der Waals surface area contributed by atoms with Gasteiger partial charge >= 0.3 is 6.09 Å². The normalized spacial score (nSPS) is 16.9.